The maximum atomic E-state index is 11.6. The van der Waals surface area contributed by atoms with E-state index in [9.17, 15) is 9.90 Å². The zero-order valence-corrected chi connectivity index (χ0v) is 19.4. The highest BCUT2D eigenvalue weighted by molar-refractivity contribution is 5.81. The van der Waals surface area contributed by atoms with E-state index in [4.69, 9.17) is 15.5 Å². The normalized spacial score (nSPS) is 13.7. The fraction of sp³-hybridized carbons (Fsp3) is 0.308. The van der Waals surface area contributed by atoms with Gasteiger partial charge in [-0.05, 0) is 60.4 Å². The largest absolute Gasteiger partial charge is 0.493 e. The summed E-state index contributed by atoms with van der Waals surface area (Å²) in [5.74, 6) is -0.179. The summed E-state index contributed by atoms with van der Waals surface area (Å²) in [6, 6.07) is 11.3. The molecule has 3 aromatic heterocycles. The summed E-state index contributed by atoms with van der Waals surface area (Å²) >= 11 is 0. The van der Waals surface area contributed by atoms with Crippen molar-refractivity contribution >= 4 is 22.6 Å². The minimum Gasteiger partial charge on any atom is -0.493 e. The molecule has 1 unspecified atom stereocenters. The van der Waals surface area contributed by atoms with Crippen molar-refractivity contribution in [3.63, 3.8) is 0 Å². The number of pyridine rings is 2. The second-order valence-electron chi connectivity index (χ2n) is 8.68. The third kappa shape index (κ3) is 5.09. The van der Waals surface area contributed by atoms with Crippen LogP contribution in [-0.4, -0.2) is 44.0 Å². The van der Waals surface area contributed by atoms with E-state index in [2.05, 4.69) is 21.5 Å². The molecule has 1 aliphatic rings. The van der Waals surface area contributed by atoms with Gasteiger partial charge in [0, 0.05) is 43.0 Å². The molecule has 1 aromatic carbocycles. The Balaban J connectivity index is 1.32. The van der Waals surface area contributed by atoms with E-state index in [1.807, 2.05) is 30.3 Å². The number of carboxylic acid groups (broad SMARTS) is 1. The molecule has 0 bridgehead atoms. The van der Waals surface area contributed by atoms with Crippen LogP contribution in [0.4, 0.5) is 5.69 Å². The Hall–Kier alpha value is -3.98. The number of anilines is 1. The first-order valence-corrected chi connectivity index (χ1v) is 11.8. The molecule has 5 rings (SSSR count). The first kappa shape index (κ1) is 22.8. The molecular weight excluding hydrogens is 444 g/mol. The molecule has 0 amide bonds. The number of carboxylic acids is 1. The lowest BCUT2D eigenvalue weighted by molar-refractivity contribution is -0.137. The van der Waals surface area contributed by atoms with Crippen LogP contribution in [0.1, 0.15) is 41.4 Å². The lowest BCUT2D eigenvalue weighted by Gasteiger charge is -2.18. The van der Waals surface area contributed by atoms with Crippen LogP contribution in [0.3, 0.4) is 0 Å². The molecule has 1 atom stereocenters. The van der Waals surface area contributed by atoms with Gasteiger partial charge in [0.2, 0.25) is 0 Å². The smallest absolute Gasteiger partial charge is 0.305 e. The number of fused-ring (bicyclic) bond motifs is 2. The molecule has 35 heavy (non-hydrogen) atoms. The molecule has 0 spiro atoms. The highest BCUT2D eigenvalue weighted by Gasteiger charge is 2.21. The molecule has 9 heteroatoms. The van der Waals surface area contributed by atoms with Gasteiger partial charge < -0.3 is 20.9 Å². The Bertz CT molecular complexity index is 1350. The van der Waals surface area contributed by atoms with E-state index in [0.29, 0.717) is 13.2 Å². The Morgan fingerprint density at radius 2 is 2.11 bits per heavy atom. The van der Waals surface area contributed by atoms with E-state index >= 15 is 0 Å². The minimum atomic E-state index is -0.914. The van der Waals surface area contributed by atoms with Gasteiger partial charge in [-0.15, -0.1) is 0 Å². The number of carbonyl (C=O) groups is 1. The monoisotopic (exact) mass is 472 g/mol. The van der Waals surface area contributed by atoms with E-state index in [0.717, 1.165) is 70.7 Å². The van der Waals surface area contributed by atoms with Gasteiger partial charge in [0.05, 0.1) is 42.2 Å². The standard InChI is InChI=1S/C26H28N6O3/c27-13-17-10-18(15-28-14-17)25(12-26(33)34)32-24-6-4-21(11-19(24)16-30-32)35-9-7-20-3-5-22-23(31-20)2-1-8-29-22/h3-6,10-11,14-16,25,29H,1-2,7-9,12-13,27H2,(H,33,34). The molecule has 4 N–H and O–H groups in total. The fourth-order valence-corrected chi connectivity index (χ4v) is 4.47. The van der Waals surface area contributed by atoms with Gasteiger partial charge in [-0.3, -0.25) is 19.4 Å². The van der Waals surface area contributed by atoms with Gasteiger partial charge in [0.15, 0.2) is 0 Å². The van der Waals surface area contributed by atoms with Gasteiger partial charge in [0.1, 0.15) is 5.75 Å². The number of hydrogen-bond acceptors (Lipinski definition) is 7. The highest BCUT2D eigenvalue weighted by Crippen LogP contribution is 2.29. The van der Waals surface area contributed by atoms with Crippen LogP contribution in [0.5, 0.6) is 5.75 Å². The van der Waals surface area contributed by atoms with Gasteiger partial charge in [-0.25, -0.2) is 0 Å². The van der Waals surface area contributed by atoms with Crippen molar-refractivity contribution in [2.45, 2.75) is 38.3 Å². The van der Waals surface area contributed by atoms with Gasteiger partial charge in [0.25, 0.3) is 0 Å². The SMILES string of the molecule is NCc1cncc(C(CC(=O)O)n2ncc3cc(OCCc4ccc5c(n4)CCCN5)ccc32)c1. The Morgan fingerprint density at radius 3 is 2.97 bits per heavy atom. The molecule has 180 valence electrons. The van der Waals surface area contributed by atoms with E-state index in [1.54, 1.807) is 23.3 Å². The summed E-state index contributed by atoms with van der Waals surface area (Å²) in [5, 5.41) is 18.3. The van der Waals surface area contributed by atoms with E-state index in [-0.39, 0.29) is 6.42 Å². The van der Waals surface area contributed by atoms with E-state index in [1.165, 1.54) is 0 Å². The number of aryl methyl sites for hydroxylation is 1. The first-order chi connectivity index (χ1) is 17.1. The summed E-state index contributed by atoms with van der Waals surface area (Å²) in [6.45, 7) is 1.85. The van der Waals surface area contributed by atoms with Crippen LogP contribution in [0.2, 0.25) is 0 Å². The third-order valence-corrected chi connectivity index (χ3v) is 6.23. The van der Waals surface area contributed by atoms with Crippen LogP contribution >= 0.6 is 0 Å². The van der Waals surface area contributed by atoms with Gasteiger partial charge in [-0.1, -0.05) is 0 Å². The van der Waals surface area contributed by atoms with Crippen molar-refractivity contribution in [1.82, 2.24) is 19.7 Å². The Labute approximate surface area is 203 Å². The molecule has 1 aliphatic heterocycles. The van der Waals surface area contributed by atoms with Crippen molar-refractivity contribution < 1.29 is 14.6 Å². The molecular formula is C26H28N6O3. The van der Waals surface area contributed by atoms with Crippen LogP contribution in [0, 0.1) is 0 Å². The number of nitrogens with zero attached hydrogens (tertiary/aromatic N) is 4. The van der Waals surface area contributed by atoms with Crippen molar-refractivity contribution in [2.75, 3.05) is 18.5 Å². The average molecular weight is 473 g/mol. The predicted molar refractivity (Wildman–Crippen MR) is 132 cm³/mol. The van der Waals surface area contributed by atoms with Gasteiger partial charge in [-0.2, -0.15) is 5.10 Å². The lowest BCUT2D eigenvalue weighted by atomic mass is 10.0. The molecule has 0 aliphatic carbocycles. The van der Waals surface area contributed by atoms with Crippen molar-refractivity contribution in [3.8, 4) is 5.75 Å². The maximum Gasteiger partial charge on any atom is 0.305 e. The highest BCUT2D eigenvalue weighted by atomic mass is 16.5. The number of nitrogens with one attached hydrogen (secondary N) is 1. The van der Waals surface area contributed by atoms with Crippen molar-refractivity contribution in [2.24, 2.45) is 5.73 Å². The number of rotatable bonds is 9. The van der Waals surface area contributed by atoms with Crippen LogP contribution in [-0.2, 0) is 24.2 Å². The number of aliphatic carboxylic acids is 1. The second kappa shape index (κ2) is 10.1. The summed E-state index contributed by atoms with van der Waals surface area (Å²) in [6.07, 6.45) is 7.80. The lowest BCUT2D eigenvalue weighted by Crippen LogP contribution is -2.17. The molecule has 4 heterocycles. The van der Waals surface area contributed by atoms with E-state index < -0.39 is 12.0 Å². The second-order valence-corrected chi connectivity index (χ2v) is 8.68. The minimum absolute atomic E-state index is 0.117. The summed E-state index contributed by atoms with van der Waals surface area (Å²) < 4.78 is 7.73. The zero-order chi connectivity index (χ0) is 24.2. The summed E-state index contributed by atoms with van der Waals surface area (Å²) in [5.41, 5.74) is 11.5. The fourth-order valence-electron chi connectivity index (χ4n) is 4.47. The summed E-state index contributed by atoms with van der Waals surface area (Å²) in [4.78, 5) is 20.6. The number of nitrogens with two attached hydrogens (primary N) is 1. The topological polar surface area (TPSA) is 128 Å². The van der Waals surface area contributed by atoms with Crippen molar-refractivity contribution in [1.29, 1.82) is 0 Å². The first-order valence-electron chi connectivity index (χ1n) is 11.8. The number of benzene rings is 1. The van der Waals surface area contributed by atoms with Crippen molar-refractivity contribution in [3.05, 3.63) is 77.5 Å². The molecule has 0 saturated carbocycles. The maximum absolute atomic E-state index is 11.6. The molecule has 4 aromatic rings. The average Bonchev–Trinajstić information content (AvgIpc) is 3.30. The number of aromatic nitrogens is 4. The zero-order valence-electron chi connectivity index (χ0n) is 19.4. The van der Waals surface area contributed by atoms with Crippen LogP contribution in [0.25, 0.3) is 10.9 Å². The van der Waals surface area contributed by atoms with Crippen LogP contribution in [0.15, 0.2) is 55.0 Å². The number of hydrogen-bond donors (Lipinski definition) is 3. The predicted octanol–water partition coefficient (Wildman–Crippen LogP) is 3.33. The molecule has 0 radical (unpaired) electrons. The molecule has 0 fully saturated rings. The third-order valence-electron chi connectivity index (χ3n) is 6.23. The Morgan fingerprint density at radius 1 is 1.20 bits per heavy atom. The molecule has 0 saturated heterocycles. The van der Waals surface area contributed by atoms with Gasteiger partial charge >= 0.3 is 5.97 Å². The number of ether oxygens (including phenoxy) is 1. The Kier molecular flexibility index (Phi) is 6.58. The quantitative estimate of drug-likeness (QED) is 0.338. The molecule has 9 nitrogen and oxygen atoms in total. The summed E-state index contributed by atoms with van der Waals surface area (Å²) in [7, 11) is 0. The van der Waals surface area contributed by atoms with Crippen LogP contribution < -0.4 is 15.8 Å².